The lowest BCUT2D eigenvalue weighted by Gasteiger charge is -2.18. The van der Waals surface area contributed by atoms with Crippen LogP contribution in [0.15, 0.2) is 11.1 Å². The summed E-state index contributed by atoms with van der Waals surface area (Å²) in [5, 5.41) is 0. The van der Waals surface area contributed by atoms with E-state index in [1.807, 2.05) is 0 Å². The molecule has 18 heavy (non-hydrogen) atoms. The molecule has 0 aliphatic heterocycles. The largest absolute Gasteiger partial charge is 0.466 e. The first-order chi connectivity index (χ1) is 8.69. The molecule has 102 valence electrons. The van der Waals surface area contributed by atoms with Crippen molar-refractivity contribution in [1.82, 2.24) is 0 Å². The lowest BCUT2D eigenvalue weighted by molar-refractivity contribution is -0.145. The molecule has 1 saturated carbocycles. The molecule has 0 heterocycles. The fourth-order valence-corrected chi connectivity index (χ4v) is 2.20. The van der Waals surface area contributed by atoms with Crippen molar-refractivity contribution < 1.29 is 19.1 Å². The zero-order valence-electron chi connectivity index (χ0n) is 11.3. The van der Waals surface area contributed by atoms with Crippen LogP contribution in [0.4, 0.5) is 0 Å². The Kier molecular flexibility index (Phi) is 6.47. The smallest absolute Gasteiger partial charge is 0.334 e. The van der Waals surface area contributed by atoms with Crippen LogP contribution >= 0.6 is 0 Å². The predicted molar refractivity (Wildman–Crippen MR) is 68.0 cm³/mol. The number of hydrogen-bond acceptors (Lipinski definition) is 4. The molecule has 0 aromatic rings. The standard InChI is InChI=1S/C14H22O4/c1-3-17-13(15)10-12(14(16)18-4-2)11-8-6-5-7-9-11/h3-10H2,1-2H3. The molecular weight excluding hydrogens is 232 g/mol. The van der Waals surface area contributed by atoms with E-state index in [9.17, 15) is 9.59 Å². The third-order valence-electron chi connectivity index (χ3n) is 3.03. The third kappa shape index (κ3) is 4.51. The van der Waals surface area contributed by atoms with Crippen LogP contribution in [0.5, 0.6) is 0 Å². The zero-order valence-corrected chi connectivity index (χ0v) is 11.3. The van der Waals surface area contributed by atoms with E-state index in [0.717, 1.165) is 31.3 Å². The summed E-state index contributed by atoms with van der Waals surface area (Å²) in [6.45, 7) is 4.20. The maximum absolute atomic E-state index is 11.9. The van der Waals surface area contributed by atoms with Gasteiger partial charge in [-0.1, -0.05) is 12.0 Å². The minimum Gasteiger partial charge on any atom is -0.466 e. The molecule has 0 spiro atoms. The van der Waals surface area contributed by atoms with Crippen LogP contribution in [0, 0.1) is 0 Å². The van der Waals surface area contributed by atoms with Crippen molar-refractivity contribution in [2.75, 3.05) is 13.2 Å². The van der Waals surface area contributed by atoms with Gasteiger partial charge in [-0.25, -0.2) is 4.79 Å². The van der Waals surface area contributed by atoms with Gasteiger partial charge in [0.1, 0.15) is 0 Å². The summed E-state index contributed by atoms with van der Waals surface area (Å²) in [5.74, 6) is -0.707. The quantitative estimate of drug-likeness (QED) is 0.559. The molecule has 1 aliphatic rings. The molecule has 0 aromatic carbocycles. The highest BCUT2D eigenvalue weighted by molar-refractivity contribution is 5.94. The minimum atomic E-state index is -0.359. The molecule has 0 saturated heterocycles. The van der Waals surface area contributed by atoms with Crippen molar-refractivity contribution >= 4 is 11.9 Å². The molecule has 0 radical (unpaired) electrons. The number of allylic oxidation sites excluding steroid dienone is 1. The Hall–Kier alpha value is -1.32. The summed E-state index contributed by atoms with van der Waals surface area (Å²) in [5.41, 5.74) is 1.60. The van der Waals surface area contributed by atoms with Crippen LogP contribution in [-0.2, 0) is 19.1 Å². The Morgan fingerprint density at radius 2 is 1.61 bits per heavy atom. The maximum Gasteiger partial charge on any atom is 0.334 e. The second-order valence-electron chi connectivity index (χ2n) is 4.35. The summed E-state index contributed by atoms with van der Waals surface area (Å²) >= 11 is 0. The van der Waals surface area contributed by atoms with Gasteiger partial charge in [-0.15, -0.1) is 0 Å². The van der Waals surface area contributed by atoms with E-state index in [4.69, 9.17) is 9.47 Å². The highest BCUT2D eigenvalue weighted by Gasteiger charge is 2.21. The summed E-state index contributed by atoms with van der Waals surface area (Å²) in [4.78, 5) is 23.4. The van der Waals surface area contributed by atoms with Gasteiger partial charge in [0.05, 0.1) is 19.6 Å². The van der Waals surface area contributed by atoms with E-state index in [2.05, 4.69) is 0 Å². The van der Waals surface area contributed by atoms with E-state index in [0.29, 0.717) is 18.8 Å². The number of rotatable bonds is 5. The average molecular weight is 254 g/mol. The van der Waals surface area contributed by atoms with Crippen LogP contribution in [0.2, 0.25) is 0 Å². The maximum atomic E-state index is 11.9. The molecule has 0 amide bonds. The van der Waals surface area contributed by atoms with Gasteiger partial charge >= 0.3 is 11.9 Å². The predicted octanol–water partition coefficient (Wildman–Crippen LogP) is 2.76. The zero-order chi connectivity index (χ0) is 13.4. The van der Waals surface area contributed by atoms with Gasteiger partial charge in [0.15, 0.2) is 0 Å². The van der Waals surface area contributed by atoms with Crippen molar-refractivity contribution in [1.29, 1.82) is 0 Å². The summed E-state index contributed by atoms with van der Waals surface area (Å²) < 4.78 is 9.94. The van der Waals surface area contributed by atoms with Crippen molar-refractivity contribution in [2.45, 2.75) is 52.4 Å². The fraction of sp³-hybridized carbons (Fsp3) is 0.714. The van der Waals surface area contributed by atoms with E-state index in [1.54, 1.807) is 13.8 Å². The first-order valence-corrected chi connectivity index (χ1v) is 6.72. The number of hydrogen-bond donors (Lipinski definition) is 0. The first kappa shape index (κ1) is 14.7. The van der Waals surface area contributed by atoms with Gasteiger partial charge in [-0.3, -0.25) is 4.79 Å². The normalized spacial score (nSPS) is 15.1. The minimum absolute atomic E-state index is 0.0437. The number of ether oxygens (including phenoxy) is 2. The Balaban J connectivity index is 2.79. The Morgan fingerprint density at radius 3 is 2.17 bits per heavy atom. The van der Waals surface area contributed by atoms with E-state index in [-0.39, 0.29) is 18.4 Å². The first-order valence-electron chi connectivity index (χ1n) is 6.72. The van der Waals surface area contributed by atoms with E-state index in [1.165, 1.54) is 6.42 Å². The Morgan fingerprint density at radius 1 is 1.00 bits per heavy atom. The van der Waals surface area contributed by atoms with Gasteiger partial charge in [0.25, 0.3) is 0 Å². The van der Waals surface area contributed by atoms with Gasteiger partial charge < -0.3 is 9.47 Å². The molecule has 0 bridgehead atoms. The van der Waals surface area contributed by atoms with E-state index >= 15 is 0 Å². The van der Waals surface area contributed by atoms with Gasteiger partial charge in [0.2, 0.25) is 0 Å². The average Bonchev–Trinajstić information content (AvgIpc) is 2.37. The molecule has 1 fully saturated rings. The highest BCUT2D eigenvalue weighted by atomic mass is 16.5. The number of carbonyl (C=O) groups excluding carboxylic acids is 2. The highest BCUT2D eigenvalue weighted by Crippen LogP contribution is 2.28. The second kappa shape index (κ2) is 7.90. The van der Waals surface area contributed by atoms with Gasteiger partial charge in [-0.2, -0.15) is 0 Å². The number of esters is 2. The monoisotopic (exact) mass is 254 g/mol. The summed E-state index contributed by atoms with van der Waals surface area (Å²) in [6.07, 6.45) is 5.20. The van der Waals surface area contributed by atoms with Crippen molar-refractivity contribution in [3.8, 4) is 0 Å². The fourth-order valence-electron chi connectivity index (χ4n) is 2.20. The van der Waals surface area contributed by atoms with Crippen molar-refractivity contribution in [2.24, 2.45) is 0 Å². The molecule has 1 rings (SSSR count). The van der Waals surface area contributed by atoms with Crippen LogP contribution in [0.1, 0.15) is 52.4 Å². The van der Waals surface area contributed by atoms with Crippen molar-refractivity contribution in [3.63, 3.8) is 0 Å². The van der Waals surface area contributed by atoms with Crippen LogP contribution < -0.4 is 0 Å². The SMILES string of the molecule is CCOC(=O)CC(C(=O)OCC)=C1CCCCC1. The van der Waals surface area contributed by atoms with E-state index < -0.39 is 0 Å². The molecular formula is C14H22O4. The van der Waals surface area contributed by atoms with Crippen LogP contribution in [0.3, 0.4) is 0 Å². The molecule has 0 aromatic heterocycles. The van der Waals surface area contributed by atoms with Gasteiger partial charge in [0, 0.05) is 5.57 Å². The van der Waals surface area contributed by atoms with Crippen LogP contribution in [-0.4, -0.2) is 25.2 Å². The molecule has 1 aliphatic carbocycles. The third-order valence-corrected chi connectivity index (χ3v) is 3.03. The van der Waals surface area contributed by atoms with Crippen LogP contribution in [0.25, 0.3) is 0 Å². The van der Waals surface area contributed by atoms with Gasteiger partial charge in [-0.05, 0) is 39.5 Å². The Labute approximate surface area is 108 Å². The summed E-state index contributed by atoms with van der Waals surface area (Å²) in [6, 6.07) is 0. The lowest BCUT2D eigenvalue weighted by Crippen LogP contribution is -2.16. The molecule has 0 atom stereocenters. The summed E-state index contributed by atoms with van der Waals surface area (Å²) in [7, 11) is 0. The molecule has 4 heteroatoms. The number of carbonyl (C=O) groups is 2. The molecule has 0 unspecified atom stereocenters. The van der Waals surface area contributed by atoms with Crippen molar-refractivity contribution in [3.05, 3.63) is 11.1 Å². The Bertz CT molecular complexity index is 323. The lowest BCUT2D eigenvalue weighted by atomic mass is 9.90. The topological polar surface area (TPSA) is 52.6 Å². The second-order valence-corrected chi connectivity index (χ2v) is 4.35. The molecule has 4 nitrogen and oxygen atoms in total. The molecule has 0 N–H and O–H groups in total.